The Balaban J connectivity index is 1.67. The Morgan fingerprint density at radius 3 is 2.56 bits per heavy atom. The van der Waals surface area contributed by atoms with Crippen LogP contribution in [0.3, 0.4) is 0 Å². The van der Waals surface area contributed by atoms with Crippen molar-refractivity contribution < 1.29 is 14.4 Å². The average molecular weight is 401 g/mol. The van der Waals surface area contributed by atoms with Gasteiger partial charge in [0.2, 0.25) is 11.8 Å². The number of nitrogens with one attached hydrogen (secondary N) is 1. The van der Waals surface area contributed by atoms with Gasteiger partial charge < -0.3 is 5.32 Å². The van der Waals surface area contributed by atoms with Crippen molar-refractivity contribution in [1.29, 1.82) is 0 Å². The second-order valence-corrected chi connectivity index (χ2v) is 6.88. The van der Waals surface area contributed by atoms with Gasteiger partial charge in [-0.3, -0.25) is 19.3 Å². The first kappa shape index (κ1) is 17.4. The third-order valence-electron chi connectivity index (χ3n) is 4.18. The van der Waals surface area contributed by atoms with Crippen LogP contribution in [0.4, 0.5) is 0 Å². The number of benzene rings is 2. The SMILES string of the molecule is C[C@@H](NC(=O)CN1C(=O)Cc2ccccc2C1=O)c1ccc(Br)cc1. The molecule has 3 rings (SSSR count). The maximum atomic E-state index is 12.5. The van der Waals surface area contributed by atoms with E-state index in [0.29, 0.717) is 11.1 Å². The fraction of sp³-hybridized carbons (Fsp3) is 0.211. The van der Waals surface area contributed by atoms with Crippen LogP contribution in [0.1, 0.15) is 34.5 Å². The summed E-state index contributed by atoms with van der Waals surface area (Å²) in [6, 6.07) is 14.4. The molecule has 0 saturated carbocycles. The molecule has 2 aromatic rings. The van der Waals surface area contributed by atoms with Crippen LogP contribution in [-0.4, -0.2) is 29.2 Å². The van der Waals surface area contributed by atoms with Gasteiger partial charge in [0.05, 0.1) is 12.5 Å². The van der Waals surface area contributed by atoms with Crippen molar-refractivity contribution in [3.63, 3.8) is 0 Å². The molecule has 0 saturated heterocycles. The second-order valence-electron chi connectivity index (χ2n) is 5.96. The summed E-state index contributed by atoms with van der Waals surface area (Å²) < 4.78 is 0.956. The molecular weight excluding hydrogens is 384 g/mol. The number of halogens is 1. The number of imide groups is 1. The number of amides is 3. The Bertz CT molecular complexity index is 833. The van der Waals surface area contributed by atoms with Gasteiger partial charge in [-0.15, -0.1) is 0 Å². The molecule has 1 heterocycles. The van der Waals surface area contributed by atoms with Crippen molar-refractivity contribution in [2.45, 2.75) is 19.4 Å². The molecule has 1 atom stereocenters. The van der Waals surface area contributed by atoms with Gasteiger partial charge in [-0.25, -0.2) is 0 Å². The largest absolute Gasteiger partial charge is 0.348 e. The molecule has 2 aromatic carbocycles. The highest BCUT2D eigenvalue weighted by Crippen LogP contribution is 2.20. The fourth-order valence-electron chi connectivity index (χ4n) is 2.83. The van der Waals surface area contributed by atoms with Crippen molar-refractivity contribution >= 4 is 33.7 Å². The van der Waals surface area contributed by atoms with Gasteiger partial charge in [-0.05, 0) is 36.2 Å². The molecule has 0 aromatic heterocycles. The molecule has 0 aliphatic carbocycles. The lowest BCUT2D eigenvalue weighted by molar-refractivity contribution is -0.133. The van der Waals surface area contributed by atoms with Crippen molar-refractivity contribution in [1.82, 2.24) is 10.2 Å². The van der Waals surface area contributed by atoms with Gasteiger partial charge >= 0.3 is 0 Å². The van der Waals surface area contributed by atoms with E-state index >= 15 is 0 Å². The number of hydrogen-bond acceptors (Lipinski definition) is 3. The van der Waals surface area contributed by atoms with Crippen molar-refractivity contribution in [2.75, 3.05) is 6.54 Å². The Morgan fingerprint density at radius 1 is 1.16 bits per heavy atom. The third-order valence-corrected chi connectivity index (χ3v) is 4.71. The van der Waals surface area contributed by atoms with E-state index in [9.17, 15) is 14.4 Å². The Labute approximate surface area is 154 Å². The van der Waals surface area contributed by atoms with Crippen LogP contribution < -0.4 is 5.32 Å². The molecule has 1 aliphatic rings. The van der Waals surface area contributed by atoms with E-state index in [4.69, 9.17) is 0 Å². The normalized spacial score (nSPS) is 14.9. The maximum Gasteiger partial charge on any atom is 0.261 e. The van der Waals surface area contributed by atoms with Crippen LogP contribution in [0, 0.1) is 0 Å². The predicted octanol–water partition coefficient (Wildman–Crippen LogP) is 2.85. The molecule has 25 heavy (non-hydrogen) atoms. The fourth-order valence-corrected chi connectivity index (χ4v) is 3.09. The van der Waals surface area contributed by atoms with Crippen LogP contribution in [0.15, 0.2) is 53.0 Å². The quantitative estimate of drug-likeness (QED) is 0.802. The zero-order valence-electron chi connectivity index (χ0n) is 13.7. The van der Waals surface area contributed by atoms with Crippen molar-refractivity contribution in [2.24, 2.45) is 0 Å². The number of fused-ring (bicyclic) bond motifs is 1. The molecule has 1 N–H and O–H groups in total. The monoisotopic (exact) mass is 400 g/mol. The van der Waals surface area contributed by atoms with Crippen LogP contribution in [0.2, 0.25) is 0 Å². The highest BCUT2D eigenvalue weighted by Gasteiger charge is 2.32. The summed E-state index contributed by atoms with van der Waals surface area (Å²) in [5.41, 5.74) is 2.13. The number of carbonyl (C=O) groups is 3. The highest BCUT2D eigenvalue weighted by atomic mass is 79.9. The van der Waals surface area contributed by atoms with Gasteiger partial charge in [-0.1, -0.05) is 46.3 Å². The first-order valence-corrected chi connectivity index (χ1v) is 8.72. The molecule has 1 aliphatic heterocycles. The van der Waals surface area contributed by atoms with Crippen LogP contribution in [0.5, 0.6) is 0 Å². The third kappa shape index (κ3) is 3.79. The molecule has 3 amide bonds. The van der Waals surface area contributed by atoms with E-state index in [-0.39, 0.29) is 30.8 Å². The second kappa shape index (κ2) is 7.19. The standard InChI is InChI=1S/C19H17BrN2O3/c1-12(13-6-8-15(20)9-7-13)21-17(23)11-22-18(24)10-14-4-2-3-5-16(14)19(22)25/h2-9,12H,10-11H2,1H3,(H,21,23)/t12-/m1/s1. The number of nitrogens with zero attached hydrogens (tertiary/aromatic N) is 1. The number of carbonyl (C=O) groups excluding carboxylic acids is 3. The Hall–Kier alpha value is -2.47. The summed E-state index contributed by atoms with van der Waals surface area (Å²) in [6.45, 7) is 1.59. The van der Waals surface area contributed by atoms with Gasteiger partial charge in [0.1, 0.15) is 6.54 Å². The number of rotatable bonds is 4. The maximum absolute atomic E-state index is 12.5. The average Bonchev–Trinajstić information content (AvgIpc) is 2.59. The Morgan fingerprint density at radius 2 is 1.84 bits per heavy atom. The van der Waals surface area contributed by atoms with Crippen LogP contribution in [0.25, 0.3) is 0 Å². The molecular formula is C19H17BrN2O3. The van der Waals surface area contributed by atoms with E-state index in [1.165, 1.54) is 0 Å². The molecule has 0 unspecified atom stereocenters. The van der Waals surface area contributed by atoms with E-state index < -0.39 is 5.91 Å². The van der Waals surface area contributed by atoms with E-state index in [0.717, 1.165) is 14.9 Å². The van der Waals surface area contributed by atoms with Crippen LogP contribution in [-0.2, 0) is 16.0 Å². The molecule has 5 nitrogen and oxygen atoms in total. The minimum absolute atomic E-state index is 0.136. The zero-order chi connectivity index (χ0) is 18.0. The molecule has 0 bridgehead atoms. The first-order chi connectivity index (χ1) is 12.0. The summed E-state index contributed by atoms with van der Waals surface area (Å²) in [4.78, 5) is 38.0. The summed E-state index contributed by atoms with van der Waals surface area (Å²) >= 11 is 3.37. The highest BCUT2D eigenvalue weighted by molar-refractivity contribution is 9.10. The van der Waals surface area contributed by atoms with E-state index in [2.05, 4.69) is 21.2 Å². The first-order valence-electron chi connectivity index (χ1n) is 7.93. The van der Waals surface area contributed by atoms with Gasteiger partial charge in [0.25, 0.3) is 5.91 Å². The predicted molar refractivity (Wildman–Crippen MR) is 96.9 cm³/mol. The summed E-state index contributed by atoms with van der Waals surface area (Å²) in [7, 11) is 0. The molecule has 0 spiro atoms. The minimum atomic E-state index is -0.418. The van der Waals surface area contributed by atoms with Gasteiger partial charge in [-0.2, -0.15) is 0 Å². The molecule has 0 radical (unpaired) electrons. The summed E-state index contributed by atoms with van der Waals surface area (Å²) in [5.74, 6) is -1.13. The lowest BCUT2D eigenvalue weighted by Gasteiger charge is -2.26. The van der Waals surface area contributed by atoms with Crippen molar-refractivity contribution in [3.05, 3.63) is 69.7 Å². The van der Waals surface area contributed by atoms with Crippen LogP contribution >= 0.6 is 15.9 Å². The molecule has 6 heteroatoms. The minimum Gasteiger partial charge on any atom is -0.348 e. The smallest absolute Gasteiger partial charge is 0.261 e. The van der Waals surface area contributed by atoms with E-state index in [1.807, 2.05) is 31.2 Å². The lowest BCUT2D eigenvalue weighted by atomic mass is 9.98. The lowest BCUT2D eigenvalue weighted by Crippen LogP contribution is -2.47. The summed E-state index contributed by atoms with van der Waals surface area (Å²) in [6.07, 6.45) is 0.136. The molecule has 128 valence electrons. The topological polar surface area (TPSA) is 66.5 Å². The molecule has 0 fully saturated rings. The van der Waals surface area contributed by atoms with E-state index in [1.54, 1.807) is 24.3 Å². The Kier molecular flexibility index (Phi) is 4.99. The zero-order valence-corrected chi connectivity index (χ0v) is 15.2. The van der Waals surface area contributed by atoms with Gasteiger partial charge in [0, 0.05) is 10.0 Å². The number of hydrogen-bond donors (Lipinski definition) is 1. The summed E-state index contributed by atoms with van der Waals surface area (Å²) in [5, 5.41) is 2.83. The van der Waals surface area contributed by atoms with Gasteiger partial charge in [0.15, 0.2) is 0 Å². The van der Waals surface area contributed by atoms with Crippen molar-refractivity contribution in [3.8, 4) is 0 Å².